The van der Waals surface area contributed by atoms with E-state index in [1.165, 1.54) is 17.1 Å². The minimum Gasteiger partial charge on any atom is -0.330 e. The summed E-state index contributed by atoms with van der Waals surface area (Å²) in [7, 11) is 0. The molecule has 1 aromatic rings. The van der Waals surface area contributed by atoms with Crippen molar-refractivity contribution in [3.63, 3.8) is 0 Å². The van der Waals surface area contributed by atoms with Crippen LogP contribution in [0.4, 0.5) is 0 Å². The van der Waals surface area contributed by atoms with Crippen LogP contribution in [0.2, 0.25) is 0 Å². The zero-order chi connectivity index (χ0) is 13.3. The molecule has 0 radical (unpaired) electrons. The number of hydrogen-bond acceptors (Lipinski definition) is 4. The monoisotopic (exact) mass is 303 g/mol. The maximum Gasteiger partial charge on any atom is 0.0982 e. The van der Waals surface area contributed by atoms with E-state index in [0.717, 1.165) is 19.6 Å². The van der Waals surface area contributed by atoms with Crippen LogP contribution in [0.3, 0.4) is 0 Å². The summed E-state index contributed by atoms with van der Waals surface area (Å²) >= 11 is 1.79. The molecule has 1 fully saturated rings. The van der Waals surface area contributed by atoms with Gasteiger partial charge in [-0.3, -0.25) is 4.90 Å². The number of aromatic nitrogens is 1. The average molecular weight is 304 g/mol. The van der Waals surface area contributed by atoms with E-state index in [2.05, 4.69) is 38.0 Å². The van der Waals surface area contributed by atoms with Gasteiger partial charge in [0.05, 0.1) is 10.7 Å². The van der Waals surface area contributed by atoms with Crippen molar-refractivity contribution in [3.05, 3.63) is 16.1 Å². The number of likely N-dealkylation sites (tertiary alicyclic amines) is 1. The molecule has 2 N–H and O–H groups in total. The predicted molar refractivity (Wildman–Crippen MR) is 85.1 cm³/mol. The Bertz CT molecular complexity index is 400. The smallest absolute Gasteiger partial charge is 0.0982 e. The molecular formula is C14H26ClN3S. The Hall–Kier alpha value is -0.160. The largest absolute Gasteiger partial charge is 0.330 e. The van der Waals surface area contributed by atoms with Gasteiger partial charge in [0.2, 0.25) is 0 Å². The first-order valence-corrected chi connectivity index (χ1v) is 7.67. The molecule has 110 valence electrons. The first-order chi connectivity index (χ1) is 8.40. The second-order valence-electron chi connectivity index (χ2n) is 6.51. The summed E-state index contributed by atoms with van der Waals surface area (Å²) in [5.41, 5.74) is 7.16. The summed E-state index contributed by atoms with van der Waals surface area (Å²) in [5.74, 6) is 0.667. The summed E-state index contributed by atoms with van der Waals surface area (Å²) < 4.78 is 0. The van der Waals surface area contributed by atoms with Crippen LogP contribution in [0.25, 0.3) is 0 Å². The third kappa shape index (κ3) is 4.15. The topological polar surface area (TPSA) is 42.1 Å². The van der Waals surface area contributed by atoms with Crippen LogP contribution in [0.1, 0.15) is 44.8 Å². The van der Waals surface area contributed by atoms with Gasteiger partial charge in [-0.25, -0.2) is 4.98 Å². The van der Waals surface area contributed by atoms with Gasteiger partial charge < -0.3 is 5.73 Å². The highest BCUT2D eigenvalue weighted by Crippen LogP contribution is 2.28. The average Bonchev–Trinajstić information content (AvgIpc) is 2.86. The predicted octanol–water partition coefficient (Wildman–Crippen LogP) is 3.03. The highest BCUT2D eigenvalue weighted by Gasteiger charge is 2.28. The lowest BCUT2D eigenvalue weighted by atomic mass is 9.98. The molecule has 0 aromatic carbocycles. The molecule has 1 aromatic heterocycles. The number of rotatable bonds is 3. The van der Waals surface area contributed by atoms with E-state index in [9.17, 15) is 0 Å². The molecule has 0 aliphatic carbocycles. The van der Waals surface area contributed by atoms with Crippen molar-refractivity contribution >= 4 is 23.7 Å². The van der Waals surface area contributed by atoms with Gasteiger partial charge in [0.25, 0.3) is 0 Å². The van der Waals surface area contributed by atoms with E-state index < -0.39 is 0 Å². The molecule has 0 bridgehead atoms. The van der Waals surface area contributed by atoms with Crippen LogP contribution in [0.15, 0.2) is 5.38 Å². The Labute approximate surface area is 127 Å². The van der Waals surface area contributed by atoms with Crippen molar-refractivity contribution in [2.75, 3.05) is 13.1 Å². The molecule has 0 spiro atoms. The summed E-state index contributed by atoms with van der Waals surface area (Å²) in [6, 6.07) is 0.637. The fourth-order valence-corrected chi connectivity index (χ4v) is 3.44. The minimum atomic E-state index is 0. The Morgan fingerprint density at radius 2 is 2.16 bits per heavy atom. The van der Waals surface area contributed by atoms with Crippen LogP contribution in [0, 0.1) is 5.92 Å². The SMILES string of the molecule is CC1CC(CN)CN1Cc1csc(C(C)(C)C)n1.Cl. The molecule has 2 atom stereocenters. The van der Waals surface area contributed by atoms with Gasteiger partial charge in [0, 0.05) is 29.9 Å². The number of hydrogen-bond donors (Lipinski definition) is 1. The summed E-state index contributed by atoms with van der Waals surface area (Å²) in [5, 5.41) is 3.45. The lowest BCUT2D eigenvalue weighted by Crippen LogP contribution is -2.27. The van der Waals surface area contributed by atoms with Crippen molar-refractivity contribution in [1.82, 2.24) is 9.88 Å². The second-order valence-corrected chi connectivity index (χ2v) is 7.37. The summed E-state index contributed by atoms with van der Waals surface area (Å²) in [6.07, 6.45) is 1.23. The van der Waals surface area contributed by atoms with Crippen LogP contribution in [-0.2, 0) is 12.0 Å². The summed E-state index contributed by atoms with van der Waals surface area (Å²) in [4.78, 5) is 7.29. The van der Waals surface area contributed by atoms with E-state index in [0.29, 0.717) is 12.0 Å². The Morgan fingerprint density at radius 1 is 1.47 bits per heavy atom. The van der Waals surface area contributed by atoms with Crippen LogP contribution in [-0.4, -0.2) is 29.0 Å². The Morgan fingerprint density at radius 3 is 2.63 bits per heavy atom. The molecular weight excluding hydrogens is 278 g/mol. The van der Waals surface area contributed by atoms with Gasteiger partial charge in [0.1, 0.15) is 0 Å². The van der Waals surface area contributed by atoms with E-state index in [1.807, 2.05) is 0 Å². The van der Waals surface area contributed by atoms with Crippen molar-refractivity contribution in [3.8, 4) is 0 Å². The number of nitrogens with zero attached hydrogens (tertiary/aromatic N) is 2. The standard InChI is InChI=1S/C14H25N3S.ClH/c1-10-5-11(6-15)7-17(10)8-12-9-18-13(16-12)14(2,3)4;/h9-11H,5-8,15H2,1-4H3;1H. The number of thiazole rings is 1. The van der Waals surface area contributed by atoms with Gasteiger partial charge in [-0.15, -0.1) is 23.7 Å². The molecule has 0 saturated carbocycles. The van der Waals surface area contributed by atoms with E-state index in [-0.39, 0.29) is 17.8 Å². The third-order valence-corrected chi connectivity index (χ3v) is 5.00. The highest BCUT2D eigenvalue weighted by molar-refractivity contribution is 7.09. The zero-order valence-corrected chi connectivity index (χ0v) is 14.0. The molecule has 3 nitrogen and oxygen atoms in total. The first kappa shape index (κ1) is 16.9. The van der Waals surface area contributed by atoms with Crippen LogP contribution in [0.5, 0.6) is 0 Å². The van der Waals surface area contributed by atoms with Gasteiger partial charge in [-0.2, -0.15) is 0 Å². The van der Waals surface area contributed by atoms with Crippen LogP contribution >= 0.6 is 23.7 Å². The van der Waals surface area contributed by atoms with E-state index >= 15 is 0 Å². The summed E-state index contributed by atoms with van der Waals surface area (Å²) in [6.45, 7) is 11.9. The van der Waals surface area contributed by atoms with Crippen molar-refractivity contribution in [2.45, 2.75) is 52.1 Å². The number of halogens is 1. The fraction of sp³-hybridized carbons (Fsp3) is 0.786. The quantitative estimate of drug-likeness (QED) is 0.933. The van der Waals surface area contributed by atoms with Crippen molar-refractivity contribution in [1.29, 1.82) is 0 Å². The minimum absolute atomic E-state index is 0. The van der Waals surface area contributed by atoms with E-state index in [1.54, 1.807) is 11.3 Å². The molecule has 2 rings (SSSR count). The van der Waals surface area contributed by atoms with Crippen molar-refractivity contribution < 1.29 is 0 Å². The van der Waals surface area contributed by atoms with Crippen molar-refractivity contribution in [2.24, 2.45) is 11.7 Å². The normalized spacial score (nSPS) is 24.5. The Balaban J connectivity index is 0.00000180. The van der Waals surface area contributed by atoms with Gasteiger partial charge in [0.15, 0.2) is 0 Å². The van der Waals surface area contributed by atoms with Crippen LogP contribution < -0.4 is 5.73 Å². The maximum absolute atomic E-state index is 5.77. The lowest BCUT2D eigenvalue weighted by molar-refractivity contribution is 0.253. The molecule has 19 heavy (non-hydrogen) atoms. The zero-order valence-electron chi connectivity index (χ0n) is 12.3. The van der Waals surface area contributed by atoms with Gasteiger partial charge >= 0.3 is 0 Å². The molecule has 2 heterocycles. The third-order valence-electron chi connectivity index (χ3n) is 3.68. The molecule has 5 heteroatoms. The highest BCUT2D eigenvalue weighted by atomic mass is 35.5. The maximum atomic E-state index is 5.77. The number of nitrogens with two attached hydrogens (primary N) is 1. The molecule has 1 aliphatic rings. The fourth-order valence-electron chi connectivity index (χ4n) is 2.54. The lowest BCUT2D eigenvalue weighted by Gasteiger charge is -2.20. The molecule has 0 amide bonds. The first-order valence-electron chi connectivity index (χ1n) is 6.79. The van der Waals surface area contributed by atoms with Gasteiger partial charge in [-0.05, 0) is 25.8 Å². The second kappa shape index (κ2) is 6.53. The Kier molecular flexibility index (Phi) is 5.80. The molecule has 1 aliphatic heterocycles. The van der Waals surface area contributed by atoms with E-state index in [4.69, 9.17) is 10.7 Å². The molecule has 2 unspecified atom stereocenters. The molecule has 1 saturated heterocycles. The van der Waals surface area contributed by atoms with Gasteiger partial charge in [-0.1, -0.05) is 20.8 Å².